The maximum atomic E-state index is 12.0. The summed E-state index contributed by atoms with van der Waals surface area (Å²) in [5, 5.41) is 9.95. The van der Waals surface area contributed by atoms with Crippen LogP contribution in [0.3, 0.4) is 0 Å². The molecule has 0 aromatic rings. The molecule has 0 amide bonds. The smallest absolute Gasteiger partial charge is 0.196 e. The maximum absolute atomic E-state index is 12.0. The Morgan fingerprint density at radius 2 is 2.00 bits per heavy atom. The molecule has 1 N–H and O–H groups in total. The molecule has 2 atom stereocenters. The van der Waals surface area contributed by atoms with Crippen LogP contribution >= 0.6 is 0 Å². The van der Waals surface area contributed by atoms with Crippen molar-refractivity contribution in [2.75, 3.05) is 0 Å². The standard InChI is InChI=1S/C13H14O3/c1-7-6-10-12(15)11(14)8-4-2-3-5-9(8)13(10)16-7/h4-5,7,12,15H,2-3,6H2,1H3/t7-,12?/m1/s1. The van der Waals surface area contributed by atoms with Gasteiger partial charge in [-0.1, -0.05) is 12.2 Å². The van der Waals surface area contributed by atoms with E-state index in [4.69, 9.17) is 4.74 Å². The summed E-state index contributed by atoms with van der Waals surface area (Å²) < 4.78 is 5.71. The lowest BCUT2D eigenvalue weighted by atomic mass is 9.82. The van der Waals surface area contributed by atoms with E-state index in [0.717, 1.165) is 29.7 Å². The molecule has 1 aliphatic heterocycles. The summed E-state index contributed by atoms with van der Waals surface area (Å²) in [5.41, 5.74) is 2.32. The van der Waals surface area contributed by atoms with Gasteiger partial charge in [0, 0.05) is 23.1 Å². The lowest BCUT2D eigenvalue weighted by Gasteiger charge is -2.25. The van der Waals surface area contributed by atoms with Crippen LogP contribution in [0.15, 0.2) is 34.6 Å². The molecule has 0 saturated carbocycles. The molecule has 0 aromatic heterocycles. The molecule has 3 aliphatic rings. The molecule has 3 rings (SSSR count). The van der Waals surface area contributed by atoms with Gasteiger partial charge in [-0.15, -0.1) is 0 Å². The number of hydrogen-bond donors (Lipinski definition) is 1. The number of hydrogen-bond acceptors (Lipinski definition) is 3. The molecule has 3 nitrogen and oxygen atoms in total. The Hall–Kier alpha value is -1.35. The van der Waals surface area contributed by atoms with Crippen LogP contribution in [-0.2, 0) is 9.53 Å². The van der Waals surface area contributed by atoms with Gasteiger partial charge in [-0.25, -0.2) is 0 Å². The van der Waals surface area contributed by atoms with Gasteiger partial charge < -0.3 is 9.84 Å². The van der Waals surface area contributed by atoms with E-state index in [-0.39, 0.29) is 11.9 Å². The third kappa shape index (κ3) is 1.21. The fourth-order valence-electron chi connectivity index (χ4n) is 2.62. The van der Waals surface area contributed by atoms with Crippen molar-refractivity contribution >= 4 is 5.78 Å². The Labute approximate surface area is 94.1 Å². The molecule has 0 radical (unpaired) electrons. The number of ketones is 1. The number of aliphatic hydroxyl groups excluding tert-OH is 1. The maximum Gasteiger partial charge on any atom is 0.196 e. The number of carbonyl (C=O) groups is 1. The first-order chi connectivity index (χ1) is 7.68. The number of allylic oxidation sites excluding steroid dienone is 3. The van der Waals surface area contributed by atoms with Crippen LogP contribution in [0, 0.1) is 0 Å². The van der Waals surface area contributed by atoms with E-state index in [1.807, 2.05) is 19.1 Å². The van der Waals surface area contributed by atoms with Crippen LogP contribution in [0.5, 0.6) is 0 Å². The van der Waals surface area contributed by atoms with Gasteiger partial charge in [0.2, 0.25) is 0 Å². The minimum absolute atomic E-state index is 0.0645. The van der Waals surface area contributed by atoms with Gasteiger partial charge in [0.1, 0.15) is 11.9 Å². The highest BCUT2D eigenvalue weighted by Crippen LogP contribution is 2.41. The largest absolute Gasteiger partial charge is 0.490 e. The molecule has 3 heteroatoms. The van der Waals surface area contributed by atoms with Crippen LogP contribution in [0.4, 0.5) is 0 Å². The second-order valence-electron chi connectivity index (χ2n) is 4.57. The summed E-state index contributed by atoms with van der Waals surface area (Å²) in [6.07, 6.45) is 5.51. The summed E-state index contributed by atoms with van der Waals surface area (Å²) in [6.45, 7) is 1.96. The molecule has 0 spiro atoms. The zero-order valence-electron chi connectivity index (χ0n) is 9.19. The van der Waals surface area contributed by atoms with Gasteiger partial charge in [-0.05, 0) is 19.8 Å². The monoisotopic (exact) mass is 218 g/mol. The fraction of sp³-hybridized carbons (Fsp3) is 0.462. The summed E-state index contributed by atoms with van der Waals surface area (Å²) in [4.78, 5) is 12.0. The van der Waals surface area contributed by atoms with Gasteiger partial charge in [0.15, 0.2) is 5.78 Å². The first-order valence-corrected chi connectivity index (χ1v) is 5.71. The summed E-state index contributed by atoms with van der Waals surface area (Å²) in [5.74, 6) is 0.591. The molecule has 0 fully saturated rings. The number of ether oxygens (including phenoxy) is 1. The van der Waals surface area contributed by atoms with E-state index in [9.17, 15) is 9.90 Å². The fourth-order valence-corrected chi connectivity index (χ4v) is 2.62. The first kappa shape index (κ1) is 9.85. The van der Waals surface area contributed by atoms with Crippen LogP contribution in [0.1, 0.15) is 26.2 Å². The lowest BCUT2D eigenvalue weighted by Crippen LogP contribution is -2.30. The normalized spacial score (nSPS) is 32.8. The van der Waals surface area contributed by atoms with Crippen molar-refractivity contribution in [3.8, 4) is 0 Å². The van der Waals surface area contributed by atoms with Crippen LogP contribution in [0.25, 0.3) is 0 Å². The zero-order valence-corrected chi connectivity index (χ0v) is 9.19. The molecule has 0 aromatic carbocycles. The number of fused-ring (bicyclic) bond motifs is 2. The Morgan fingerprint density at radius 3 is 2.75 bits per heavy atom. The Kier molecular flexibility index (Phi) is 2.04. The lowest BCUT2D eigenvalue weighted by molar-refractivity contribution is -0.121. The van der Waals surface area contributed by atoms with E-state index >= 15 is 0 Å². The minimum Gasteiger partial charge on any atom is -0.490 e. The van der Waals surface area contributed by atoms with Crippen molar-refractivity contribution in [2.24, 2.45) is 0 Å². The third-order valence-corrected chi connectivity index (χ3v) is 3.36. The zero-order chi connectivity index (χ0) is 11.3. The Balaban J connectivity index is 2.13. The van der Waals surface area contributed by atoms with E-state index in [0.29, 0.717) is 12.0 Å². The van der Waals surface area contributed by atoms with Crippen molar-refractivity contribution in [2.45, 2.75) is 38.4 Å². The molecule has 84 valence electrons. The highest BCUT2D eigenvalue weighted by molar-refractivity contribution is 6.07. The third-order valence-electron chi connectivity index (χ3n) is 3.36. The number of aliphatic hydroxyl groups is 1. The number of rotatable bonds is 0. The summed E-state index contributed by atoms with van der Waals surface area (Å²) in [7, 11) is 0. The van der Waals surface area contributed by atoms with Crippen LogP contribution in [0.2, 0.25) is 0 Å². The van der Waals surface area contributed by atoms with Gasteiger partial charge >= 0.3 is 0 Å². The molecule has 0 saturated heterocycles. The van der Waals surface area contributed by atoms with Gasteiger partial charge in [0.25, 0.3) is 0 Å². The van der Waals surface area contributed by atoms with Crippen LogP contribution < -0.4 is 0 Å². The highest BCUT2D eigenvalue weighted by Gasteiger charge is 2.41. The van der Waals surface area contributed by atoms with Crippen molar-refractivity contribution in [3.63, 3.8) is 0 Å². The summed E-state index contributed by atoms with van der Waals surface area (Å²) >= 11 is 0. The predicted octanol–water partition coefficient (Wildman–Crippen LogP) is 1.64. The Morgan fingerprint density at radius 1 is 1.31 bits per heavy atom. The highest BCUT2D eigenvalue weighted by atomic mass is 16.5. The Bertz CT molecular complexity index is 454. The quantitative estimate of drug-likeness (QED) is 0.672. The SMILES string of the molecule is C[C@@H]1CC2=C(O1)C1=CCCC=C1C(=O)C2O. The van der Waals surface area contributed by atoms with Crippen molar-refractivity contribution < 1.29 is 14.6 Å². The average Bonchev–Trinajstić information content (AvgIpc) is 2.68. The molecular formula is C13H14O3. The van der Waals surface area contributed by atoms with E-state index in [1.165, 1.54) is 0 Å². The van der Waals surface area contributed by atoms with E-state index in [1.54, 1.807) is 0 Å². The van der Waals surface area contributed by atoms with Gasteiger partial charge in [0.05, 0.1) is 6.10 Å². The molecule has 16 heavy (non-hydrogen) atoms. The van der Waals surface area contributed by atoms with Gasteiger partial charge in [-0.2, -0.15) is 0 Å². The molecular weight excluding hydrogens is 204 g/mol. The number of carbonyl (C=O) groups excluding carboxylic acids is 1. The molecule has 1 heterocycles. The molecule has 0 bridgehead atoms. The molecule has 1 unspecified atom stereocenters. The van der Waals surface area contributed by atoms with Crippen molar-refractivity contribution in [3.05, 3.63) is 34.6 Å². The topological polar surface area (TPSA) is 46.5 Å². The van der Waals surface area contributed by atoms with Gasteiger partial charge in [-0.3, -0.25) is 4.79 Å². The van der Waals surface area contributed by atoms with Crippen LogP contribution in [-0.4, -0.2) is 23.1 Å². The van der Waals surface area contributed by atoms with Crippen molar-refractivity contribution in [1.29, 1.82) is 0 Å². The predicted molar refractivity (Wildman–Crippen MR) is 58.6 cm³/mol. The summed E-state index contributed by atoms with van der Waals surface area (Å²) in [6, 6.07) is 0. The second kappa shape index (κ2) is 3.32. The van der Waals surface area contributed by atoms with E-state index in [2.05, 4.69) is 0 Å². The van der Waals surface area contributed by atoms with E-state index < -0.39 is 6.10 Å². The number of Topliss-reactive ketones (excluding diaryl/α,β-unsaturated/α-hetero) is 1. The minimum atomic E-state index is -0.985. The first-order valence-electron chi connectivity index (χ1n) is 5.71. The van der Waals surface area contributed by atoms with Crippen molar-refractivity contribution in [1.82, 2.24) is 0 Å². The molecule has 2 aliphatic carbocycles. The second-order valence-corrected chi connectivity index (χ2v) is 4.57. The average molecular weight is 218 g/mol.